The first-order chi connectivity index (χ1) is 14.3. The molecule has 2 aromatic rings. The van der Waals surface area contributed by atoms with Crippen molar-refractivity contribution in [2.24, 2.45) is 0 Å². The summed E-state index contributed by atoms with van der Waals surface area (Å²) in [4.78, 5) is 42.2. The van der Waals surface area contributed by atoms with E-state index < -0.39 is 0 Å². The summed E-state index contributed by atoms with van der Waals surface area (Å²) in [5, 5.41) is 0. The Kier molecular flexibility index (Phi) is 6.72. The second-order valence-electron chi connectivity index (χ2n) is 7.56. The summed E-state index contributed by atoms with van der Waals surface area (Å²) in [6.07, 6.45) is 0. The maximum Gasteiger partial charge on any atom is 0.259 e. The number of benzene rings is 2. The molecule has 0 saturated carbocycles. The standard InChI is InChI=1S/C23H27N3O4/c1-17-7-9-18(10-8-17)22(28)25-11-13-26(14-12-25)23(29)19-5-4-6-20(15-19)30-16-21(27)24(2)3/h4-10,15H,11-14,16H2,1-3H3. The van der Waals surface area contributed by atoms with Crippen LogP contribution in [0.25, 0.3) is 0 Å². The zero-order valence-corrected chi connectivity index (χ0v) is 17.6. The predicted octanol–water partition coefficient (Wildman–Crippen LogP) is 2.06. The van der Waals surface area contributed by atoms with Crippen molar-refractivity contribution in [3.8, 4) is 5.75 Å². The maximum absolute atomic E-state index is 12.9. The first-order valence-corrected chi connectivity index (χ1v) is 9.93. The van der Waals surface area contributed by atoms with Gasteiger partial charge in [-0.2, -0.15) is 0 Å². The molecule has 3 amide bonds. The minimum atomic E-state index is -0.152. The van der Waals surface area contributed by atoms with E-state index in [0.29, 0.717) is 43.1 Å². The molecule has 7 heteroatoms. The lowest BCUT2D eigenvalue weighted by molar-refractivity contribution is -0.130. The second-order valence-corrected chi connectivity index (χ2v) is 7.56. The molecule has 30 heavy (non-hydrogen) atoms. The van der Waals surface area contributed by atoms with Crippen LogP contribution in [0.15, 0.2) is 48.5 Å². The molecule has 0 bridgehead atoms. The quantitative estimate of drug-likeness (QED) is 0.758. The van der Waals surface area contributed by atoms with E-state index >= 15 is 0 Å². The normalized spacial score (nSPS) is 13.7. The molecule has 0 N–H and O–H groups in total. The summed E-state index contributed by atoms with van der Waals surface area (Å²) in [5.41, 5.74) is 2.28. The molecule has 2 aromatic carbocycles. The number of ether oxygens (including phenoxy) is 1. The molecule has 0 aromatic heterocycles. The van der Waals surface area contributed by atoms with Crippen molar-refractivity contribution in [2.75, 3.05) is 46.9 Å². The highest BCUT2D eigenvalue weighted by Crippen LogP contribution is 2.17. The van der Waals surface area contributed by atoms with Crippen LogP contribution < -0.4 is 4.74 Å². The van der Waals surface area contributed by atoms with Gasteiger partial charge in [-0.05, 0) is 37.3 Å². The molecule has 1 aliphatic heterocycles. The molecule has 1 heterocycles. The van der Waals surface area contributed by atoms with E-state index in [9.17, 15) is 14.4 Å². The molecular weight excluding hydrogens is 382 g/mol. The molecule has 7 nitrogen and oxygen atoms in total. The Morgan fingerprint density at radius 3 is 2.00 bits per heavy atom. The fourth-order valence-corrected chi connectivity index (χ4v) is 3.17. The second kappa shape index (κ2) is 9.43. The summed E-state index contributed by atoms with van der Waals surface area (Å²) in [6, 6.07) is 14.4. The van der Waals surface area contributed by atoms with E-state index in [4.69, 9.17) is 4.74 Å². The van der Waals surface area contributed by atoms with Gasteiger partial charge in [0.05, 0.1) is 0 Å². The first kappa shape index (κ1) is 21.4. The van der Waals surface area contributed by atoms with Crippen LogP contribution in [0, 0.1) is 6.92 Å². The smallest absolute Gasteiger partial charge is 0.259 e. The minimum absolute atomic E-state index is 0.0111. The third kappa shape index (κ3) is 5.17. The number of carbonyl (C=O) groups excluding carboxylic acids is 3. The Balaban J connectivity index is 1.57. The summed E-state index contributed by atoms with van der Waals surface area (Å²) in [6.45, 7) is 3.84. The molecule has 0 atom stereocenters. The largest absolute Gasteiger partial charge is 0.484 e. The van der Waals surface area contributed by atoms with Crippen molar-refractivity contribution < 1.29 is 19.1 Å². The van der Waals surface area contributed by atoms with E-state index in [0.717, 1.165) is 5.56 Å². The van der Waals surface area contributed by atoms with Crippen LogP contribution in [0.3, 0.4) is 0 Å². The molecule has 158 valence electrons. The third-order valence-corrected chi connectivity index (χ3v) is 5.09. The molecule has 0 unspecified atom stereocenters. The molecule has 1 fully saturated rings. The average Bonchev–Trinajstić information content (AvgIpc) is 2.77. The van der Waals surface area contributed by atoms with Gasteiger partial charge in [-0.25, -0.2) is 0 Å². The van der Waals surface area contributed by atoms with Crippen molar-refractivity contribution >= 4 is 17.7 Å². The van der Waals surface area contributed by atoms with E-state index in [1.54, 1.807) is 48.2 Å². The highest BCUT2D eigenvalue weighted by molar-refractivity contribution is 5.96. The van der Waals surface area contributed by atoms with Gasteiger partial charge in [0, 0.05) is 51.4 Å². The van der Waals surface area contributed by atoms with Crippen LogP contribution >= 0.6 is 0 Å². The van der Waals surface area contributed by atoms with Crippen LogP contribution in [0.5, 0.6) is 5.75 Å². The third-order valence-electron chi connectivity index (χ3n) is 5.09. The monoisotopic (exact) mass is 409 g/mol. The number of nitrogens with zero attached hydrogens (tertiary/aromatic N) is 3. The molecule has 0 aliphatic carbocycles. The number of piperazine rings is 1. The number of hydrogen-bond donors (Lipinski definition) is 0. The summed E-state index contributed by atoms with van der Waals surface area (Å²) in [7, 11) is 3.32. The lowest BCUT2D eigenvalue weighted by Crippen LogP contribution is -2.50. The van der Waals surface area contributed by atoms with Gasteiger partial charge >= 0.3 is 0 Å². The minimum Gasteiger partial charge on any atom is -0.484 e. The highest BCUT2D eigenvalue weighted by atomic mass is 16.5. The van der Waals surface area contributed by atoms with Gasteiger partial charge in [0.1, 0.15) is 5.75 Å². The topological polar surface area (TPSA) is 70.2 Å². The van der Waals surface area contributed by atoms with E-state index in [-0.39, 0.29) is 24.3 Å². The average molecular weight is 409 g/mol. The zero-order valence-electron chi connectivity index (χ0n) is 17.6. The fourth-order valence-electron chi connectivity index (χ4n) is 3.17. The molecule has 0 spiro atoms. The molecular formula is C23H27N3O4. The van der Waals surface area contributed by atoms with Gasteiger partial charge in [0.2, 0.25) is 0 Å². The molecule has 1 saturated heterocycles. The summed E-state index contributed by atoms with van der Waals surface area (Å²) in [5.74, 6) is 0.204. The fraction of sp³-hybridized carbons (Fsp3) is 0.348. The highest BCUT2D eigenvalue weighted by Gasteiger charge is 2.25. The van der Waals surface area contributed by atoms with Crippen LogP contribution in [0.4, 0.5) is 0 Å². The Labute approximate surface area is 176 Å². The molecule has 0 radical (unpaired) electrons. The number of hydrogen-bond acceptors (Lipinski definition) is 4. The van der Waals surface area contributed by atoms with Gasteiger partial charge in [-0.1, -0.05) is 23.8 Å². The number of amides is 3. The number of likely N-dealkylation sites (N-methyl/N-ethyl adjacent to an activating group) is 1. The van der Waals surface area contributed by atoms with E-state index in [2.05, 4.69) is 0 Å². The van der Waals surface area contributed by atoms with Gasteiger partial charge in [0.25, 0.3) is 17.7 Å². The van der Waals surface area contributed by atoms with Crippen molar-refractivity contribution in [3.05, 3.63) is 65.2 Å². The first-order valence-electron chi connectivity index (χ1n) is 9.93. The number of carbonyl (C=O) groups is 3. The lowest BCUT2D eigenvalue weighted by atomic mass is 10.1. The van der Waals surface area contributed by atoms with Gasteiger partial charge in [0.15, 0.2) is 6.61 Å². The SMILES string of the molecule is Cc1ccc(C(=O)N2CCN(C(=O)c3cccc(OCC(=O)N(C)C)c3)CC2)cc1. The Bertz CT molecular complexity index is 916. The summed E-state index contributed by atoms with van der Waals surface area (Å²) >= 11 is 0. The molecule has 3 rings (SSSR count). The lowest BCUT2D eigenvalue weighted by Gasteiger charge is -2.35. The van der Waals surface area contributed by atoms with Crippen LogP contribution in [0.1, 0.15) is 26.3 Å². The van der Waals surface area contributed by atoms with Crippen LogP contribution in [-0.2, 0) is 4.79 Å². The van der Waals surface area contributed by atoms with Crippen LogP contribution in [-0.4, -0.2) is 79.3 Å². The van der Waals surface area contributed by atoms with Gasteiger partial charge in [-0.3, -0.25) is 14.4 Å². The summed E-state index contributed by atoms with van der Waals surface area (Å²) < 4.78 is 5.50. The van der Waals surface area contributed by atoms with Crippen LogP contribution in [0.2, 0.25) is 0 Å². The van der Waals surface area contributed by atoms with Crippen molar-refractivity contribution in [1.82, 2.24) is 14.7 Å². The van der Waals surface area contributed by atoms with Crippen molar-refractivity contribution in [2.45, 2.75) is 6.92 Å². The number of aryl methyl sites for hydroxylation is 1. The van der Waals surface area contributed by atoms with E-state index in [1.165, 1.54) is 4.90 Å². The van der Waals surface area contributed by atoms with Crippen molar-refractivity contribution in [3.63, 3.8) is 0 Å². The van der Waals surface area contributed by atoms with Crippen molar-refractivity contribution in [1.29, 1.82) is 0 Å². The molecule has 1 aliphatic rings. The Hall–Kier alpha value is -3.35. The number of rotatable bonds is 5. The van der Waals surface area contributed by atoms with Gasteiger partial charge in [-0.15, -0.1) is 0 Å². The van der Waals surface area contributed by atoms with Gasteiger partial charge < -0.3 is 19.4 Å². The Morgan fingerprint density at radius 2 is 1.43 bits per heavy atom. The maximum atomic E-state index is 12.9. The van der Waals surface area contributed by atoms with E-state index in [1.807, 2.05) is 31.2 Å². The zero-order chi connectivity index (χ0) is 21.7. The predicted molar refractivity (Wildman–Crippen MR) is 114 cm³/mol. The Morgan fingerprint density at radius 1 is 0.867 bits per heavy atom.